The van der Waals surface area contributed by atoms with Gasteiger partial charge in [-0.25, -0.2) is 0 Å². The zero-order chi connectivity index (χ0) is 22.2. The van der Waals surface area contributed by atoms with Gasteiger partial charge in [0.15, 0.2) is 12.6 Å². The van der Waals surface area contributed by atoms with E-state index in [1.807, 2.05) is 13.0 Å². The molecule has 0 radical (unpaired) electrons. The van der Waals surface area contributed by atoms with E-state index in [-0.39, 0.29) is 16.8 Å². The van der Waals surface area contributed by atoms with Crippen LogP contribution in [0.3, 0.4) is 0 Å². The molecule has 2 aliphatic carbocycles. The van der Waals surface area contributed by atoms with Gasteiger partial charge in [-0.15, -0.1) is 0 Å². The molecule has 0 saturated heterocycles. The number of nitrogens with zero attached hydrogens (tertiary/aromatic N) is 1. The number of nitrogens with one attached hydrogen (secondary N) is 2. The van der Waals surface area contributed by atoms with Gasteiger partial charge in [0.1, 0.15) is 0 Å². The first-order chi connectivity index (χ1) is 13.5. The molecule has 1 atom stereocenters. The first-order valence-corrected chi connectivity index (χ1v) is 9.88. The van der Waals surface area contributed by atoms with Crippen LogP contribution in [-0.4, -0.2) is 35.6 Å². The first kappa shape index (κ1) is 24.3. The summed E-state index contributed by atoms with van der Waals surface area (Å²) in [6, 6.07) is 0.377. The van der Waals surface area contributed by atoms with E-state index in [1.54, 1.807) is 6.92 Å². The van der Waals surface area contributed by atoms with Crippen molar-refractivity contribution in [3.8, 4) is 0 Å². The standard InChI is InChI=1S/C12H19NO.C10H14N2O3/c1-9(2)13-11-7-12(3,4)6-5-10(11)8-14;1-3-11-9-6-10(2,12(14)15)5-4-8(9)7-13/h5-6,8-9,13H,7H2,1-4H3;4-5,7,11H,3,6H2,1-2H3. The molecule has 0 aromatic heterocycles. The number of aldehydes is 2. The largest absolute Gasteiger partial charge is 0.388 e. The molecule has 160 valence electrons. The summed E-state index contributed by atoms with van der Waals surface area (Å²) in [6.45, 7) is 12.6. The van der Waals surface area contributed by atoms with Crippen LogP contribution in [0.4, 0.5) is 0 Å². The van der Waals surface area contributed by atoms with Gasteiger partial charge in [0.25, 0.3) is 0 Å². The minimum absolute atomic E-state index is 0.156. The van der Waals surface area contributed by atoms with Crippen LogP contribution in [0.1, 0.15) is 54.4 Å². The molecule has 0 spiro atoms. The topological polar surface area (TPSA) is 101 Å². The highest BCUT2D eigenvalue weighted by molar-refractivity contribution is 5.80. The molecular weight excluding hydrogens is 370 g/mol. The van der Waals surface area contributed by atoms with Crippen molar-refractivity contribution in [2.45, 2.75) is 66.0 Å². The Kier molecular flexibility index (Phi) is 8.55. The molecule has 0 fully saturated rings. The van der Waals surface area contributed by atoms with Crippen LogP contribution in [0, 0.1) is 15.5 Å². The zero-order valence-corrected chi connectivity index (χ0v) is 18.2. The fourth-order valence-corrected chi connectivity index (χ4v) is 3.13. The molecule has 0 aromatic carbocycles. The Morgan fingerprint density at radius 1 is 1.07 bits per heavy atom. The molecule has 0 heterocycles. The minimum Gasteiger partial charge on any atom is -0.388 e. The van der Waals surface area contributed by atoms with Crippen LogP contribution in [0.2, 0.25) is 0 Å². The maximum Gasteiger partial charge on any atom is 0.243 e. The fraction of sp³-hybridized carbons (Fsp3) is 0.545. The molecule has 2 aliphatic rings. The lowest BCUT2D eigenvalue weighted by Crippen LogP contribution is -2.37. The Balaban J connectivity index is 0.000000291. The Bertz CT molecular complexity index is 760. The van der Waals surface area contributed by atoms with Crippen LogP contribution in [0.15, 0.2) is 46.8 Å². The van der Waals surface area contributed by atoms with E-state index in [0.29, 0.717) is 30.1 Å². The Hall–Kier alpha value is -2.70. The summed E-state index contributed by atoms with van der Waals surface area (Å²) in [7, 11) is 0. The first-order valence-electron chi connectivity index (χ1n) is 9.88. The summed E-state index contributed by atoms with van der Waals surface area (Å²) in [5, 5.41) is 17.2. The highest BCUT2D eigenvalue weighted by Crippen LogP contribution is 2.31. The second-order valence-electron chi connectivity index (χ2n) is 8.56. The number of nitro groups is 1. The number of hydrogen-bond donors (Lipinski definition) is 2. The smallest absolute Gasteiger partial charge is 0.243 e. The van der Waals surface area contributed by atoms with E-state index in [9.17, 15) is 19.7 Å². The van der Waals surface area contributed by atoms with Crippen LogP contribution >= 0.6 is 0 Å². The zero-order valence-electron chi connectivity index (χ0n) is 18.2. The maximum absolute atomic E-state index is 10.8. The molecular formula is C22H33N3O4. The van der Waals surface area contributed by atoms with Crippen LogP contribution in [-0.2, 0) is 9.59 Å². The summed E-state index contributed by atoms with van der Waals surface area (Å²) in [4.78, 5) is 32.0. The molecule has 2 N–H and O–H groups in total. The number of carbonyl (C=O) groups excluding carboxylic acids is 2. The maximum atomic E-state index is 10.8. The van der Waals surface area contributed by atoms with E-state index in [4.69, 9.17) is 0 Å². The summed E-state index contributed by atoms with van der Waals surface area (Å²) in [5.41, 5.74) is 2.05. The van der Waals surface area contributed by atoms with Crippen LogP contribution in [0.5, 0.6) is 0 Å². The number of carbonyl (C=O) groups is 2. The average molecular weight is 404 g/mol. The van der Waals surface area contributed by atoms with Crippen molar-refractivity contribution in [3.63, 3.8) is 0 Å². The molecule has 0 aromatic rings. The second-order valence-corrected chi connectivity index (χ2v) is 8.56. The van der Waals surface area contributed by atoms with Gasteiger partial charge in [-0.1, -0.05) is 26.0 Å². The molecule has 0 aliphatic heterocycles. The van der Waals surface area contributed by atoms with Gasteiger partial charge < -0.3 is 10.6 Å². The lowest BCUT2D eigenvalue weighted by Gasteiger charge is -2.28. The molecule has 0 bridgehead atoms. The molecule has 0 saturated carbocycles. The van der Waals surface area contributed by atoms with E-state index < -0.39 is 5.54 Å². The van der Waals surface area contributed by atoms with E-state index in [0.717, 1.165) is 24.0 Å². The van der Waals surface area contributed by atoms with Gasteiger partial charge in [0.2, 0.25) is 5.54 Å². The van der Waals surface area contributed by atoms with Crippen molar-refractivity contribution in [3.05, 3.63) is 57.0 Å². The summed E-state index contributed by atoms with van der Waals surface area (Å²) >= 11 is 0. The van der Waals surface area contributed by atoms with Crippen molar-refractivity contribution < 1.29 is 14.5 Å². The summed E-state index contributed by atoms with van der Waals surface area (Å²) in [5.74, 6) is 0. The third kappa shape index (κ3) is 7.00. The quantitative estimate of drug-likeness (QED) is 0.383. The molecule has 29 heavy (non-hydrogen) atoms. The minimum atomic E-state index is -1.11. The van der Waals surface area contributed by atoms with Gasteiger partial charge in [-0.3, -0.25) is 19.7 Å². The number of rotatable bonds is 7. The van der Waals surface area contributed by atoms with Crippen molar-refractivity contribution in [1.82, 2.24) is 10.6 Å². The third-order valence-corrected chi connectivity index (χ3v) is 4.72. The fourth-order valence-electron chi connectivity index (χ4n) is 3.13. The number of allylic oxidation sites excluding steroid dienone is 6. The molecule has 7 heteroatoms. The highest BCUT2D eigenvalue weighted by Gasteiger charge is 2.38. The summed E-state index contributed by atoms with van der Waals surface area (Å²) < 4.78 is 0. The van der Waals surface area contributed by atoms with E-state index >= 15 is 0 Å². The SMILES string of the molecule is CC(C)NC1=C(C=O)C=CC(C)(C)C1.CCNC1=C(C=O)C=CC(C)([N+](=O)[O-])C1. The van der Waals surface area contributed by atoms with Gasteiger partial charge in [-0.05, 0) is 44.8 Å². The van der Waals surface area contributed by atoms with Crippen molar-refractivity contribution in [2.24, 2.45) is 5.41 Å². The lowest BCUT2D eigenvalue weighted by molar-refractivity contribution is -0.550. The average Bonchev–Trinajstić information content (AvgIpc) is 2.62. The van der Waals surface area contributed by atoms with Gasteiger partial charge in [-0.2, -0.15) is 0 Å². The normalized spacial score (nSPS) is 22.7. The molecule has 1 unspecified atom stereocenters. The predicted octanol–water partition coefficient (Wildman–Crippen LogP) is 3.47. The third-order valence-electron chi connectivity index (χ3n) is 4.72. The predicted molar refractivity (Wildman–Crippen MR) is 115 cm³/mol. The van der Waals surface area contributed by atoms with Crippen molar-refractivity contribution >= 4 is 12.6 Å². The van der Waals surface area contributed by atoms with Crippen molar-refractivity contribution in [2.75, 3.05) is 6.54 Å². The Morgan fingerprint density at radius 2 is 1.62 bits per heavy atom. The number of hydrogen-bond acceptors (Lipinski definition) is 6. The van der Waals surface area contributed by atoms with Crippen LogP contribution < -0.4 is 10.6 Å². The summed E-state index contributed by atoms with van der Waals surface area (Å²) in [6.07, 6.45) is 9.79. The van der Waals surface area contributed by atoms with E-state index in [1.165, 1.54) is 12.2 Å². The second kappa shape index (κ2) is 10.2. The van der Waals surface area contributed by atoms with Crippen molar-refractivity contribution in [1.29, 1.82) is 0 Å². The van der Waals surface area contributed by atoms with Gasteiger partial charge in [0.05, 0.1) is 6.42 Å². The monoisotopic (exact) mass is 403 g/mol. The van der Waals surface area contributed by atoms with Gasteiger partial charge in [0, 0.05) is 47.0 Å². The Labute approximate surface area is 173 Å². The molecule has 2 rings (SSSR count). The molecule has 7 nitrogen and oxygen atoms in total. The van der Waals surface area contributed by atoms with Crippen LogP contribution in [0.25, 0.3) is 0 Å². The Morgan fingerprint density at radius 3 is 2.10 bits per heavy atom. The molecule has 0 amide bonds. The van der Waals surface area contributed by atoms with Gasteiger partial charge >= 0.3 is 0 Å². The lowest BCUT2D eigenvalue weighted by atomic mass is 9.82. The van der Waals surface area contributed by atoms with E-state index in [2.05, 4.69) is 44.4 Å². The highest BCUT2D eigenvalue weighted by atomic mass is 16.6.